The van der Waals surface area contributed by atoms with Gasteiger partial charge in [-0.1, -0.05) is 6.42 Å². The molecule has 0 aliphatic carbocycles. The van der Waals surface area contributed by atoms with Crippen molar-refractivity contribution in [3.8, 4) is 5.75 Å². The molecule has 112 valence electrons. The molecular weight excluding hydrogens is 371 g/mol. The highest BCUT2D eigenvalue weighted by atomic mass is 79.9. The standard InChI is InChI=1S/C13H15BrClFO3S/c1-19-11-7-10(16)9(14)6-8(11)13(15)12-4-2-3-5-20(12,17)18/h6-7,12-13H,2-5H2,1H3. The SMILES string of the molecule is COc1cc(F)c(Br)cc1C(Cl)C1CCCCS1(=O)=O. The van der Waals surface area contributed by atoms with Crippen LogP contribution >= 0.6 is 27.5 Å². The number of methoxy groups -OCH3 is 1. The highest BCUT2D eigenvalue weighted by Gasteiger charge is 2.36. The molecule has 3 nitrogen and oxygen atoms in total. The lowest BCUT2D eigenvalue weighted by Gasteiger charge is -2.27. The lowest BCUT2D eigenvalue weighted by molar-refractivity contribution is 0.403. The molecule has 0 N–H and O–H groups in total. The van der Waals surface area contributed by atoms with Gasteiger partial charge in [-0.3, -0.25) is 0 Å². The van der Waals surface area contributed by atoms with Gasteiger partial charge in [0.05, 0.1) is 28.0 Å². The monoisotopic (exact) mass is 384 g/mol. The van der Waals surface area contributed by atoms with Crippen LogP contribution in [-0.4, -0.2) is 26.5 Å². The highest BCUT2D eigenvalue weighted by Crippen LogP contribution is 2.41. The number of benzene rings is 1. The molecular formula is C13H15BrClFO3S. The molecule has 2 rings (SSSR count). The molecule has 20 heavy (non-hydrogen) atoms. The van der Waals surface area contributed by atoms with Crippen LogP contribution in [0.25, 0.3) is 0 Å². The van der Waals surface area contributed by atoms with E-state index >= 15 is 0 Å². The van der Waals surface area contributed by atoms with Crippen molar-refractivity contribution in [2.75, 3.05) is 12.9 Å². The number of ether oxygens (including phenoxy) is 1. The van der Waals surface area contributed by atoms with E-state index in [4.69, 9.17) is 16.3 Å². The second-order valence-electron chi connectivity index (χ2n) is 4.81. The van der Waals surface area contributed by atoms with Crippen molar-refractivity contribution in [2.45, 2.75) is 29.9 Å². The predicted octanol–water partition coefficient (Wildman–Crippen LogP) is 3.84. The van der Waals surface area contributed by atoms with E-state index < -0.39 is 26.3 Å². The minimum Gasteiger partial charge on any atom is -0.496 e. The van der Waals surface area contributed by atoms with Crippen LogP contribution in [0.1, 0.15) is 30.2 Å². The van der Waals surface area contributed by atoms with Crippen LogP contribution in [0, 0.1) is 5.82 Å². The van der Waals surface area contributed by atoms with E-state index in [0.29, 0.717) is 18.4 Å². The van der Waals surface area contributed by atoms with Crippen LogP contribution < -0.4 is 4.74 Å². The van der Waals surface area contributed by atoms with E-state index in [2.05, 4.69) is 15.9 Å². The molecule has 2 unspecified atom stereocenters. The van der Waals surface area contributed by atoms with E-state index in [-0.39, 0.29) is 16.0 Å². The molecule has 1 aromatic carbocycles. The van der Waals surface area contributed by atoms with Crippen molar-refractivity contribution in [1.29, 1.82) is 0 Å². The molecule has 1 fully saturated rings. The number of hydrogen-bond donors (Lipinski definition) is 0. The van der Waals surface area contributed by atoms with Crippen molar-refractivity contribution in [1.82, 2.24) is 0 Å². The zero-order valence-electron chi connectivity index (χ0n) is 10.9. The summed E-state index contributed by atoms with van der Waals surface area (Å²) >= 11 is 9.47. The molecule has 0 saturated carbocycles. The number of alkyl halides is 1. The molecule has 0 spiro atoms. The fourth-order valence-corrected chi connectivity index (χ4v) is 5.52. The first-order valence-electron chi connectivity index (χ1n) is 6.25. The summed E-state index contributed by atoms with van der Waals surface area (Å²) in [7, 11) is -1.81. The average Bonchev–Trinajstić information content (AvgIpc) is 2.40. The summed E-state index contributed by atoms with van der Waals surface area (Å²) in [5.74, 6) is -0.0431. The maximum Gasteiger partial charge on any atom is 0.154 e. The van der Waals surface area contributed by atoms with Gasteiger partial charge in [0, 0.05) is 11.6 Å². The maximum absolute atomic E-state index is 13.5. The number of hydrogen-bond acceptors (Lipinski definition) is 3. The third-order valence-corrected chi connectivity index (χ3v) is 7.11. The van der Waals surface area contributed by atoms with E-state index in [9.17, 15) is 12.8 Å². The molecule has 1 saturated heterocycles. The van der Waals surface area contributed by atoms with Crippen LogP contribution in [0.15, 0.2) is 16.6 Å². The molecule has 1 aliphatic rings. The van der Waals surface area contributed by atoms with Gasteiger partial charge >= 0.3 is 0 Å². The first-order chi connectivity index (χ1) is 9.36. The topological polar surface area (TPSA) is 43.4 Å². The molecule has 7 heteroatoms. The van der Waals surface area contributed by atoms with Gasteiger partial charge in [-0.2, -0.15) is 0 Å². The van der Waals surface area contributed by atoms with Crippen LogP contribution in [0.4, 0.5) is 4.39 Å². The fourth-order valence-electron chi connectivity index (χ4n) is 2.44. The first kappa shape index (κ1) is 16.0. The van der Waals surface area contributed by atoms with Crippen molar-refractivity contribution < 1.29 is 17.5 Å². The van der Waals surface area contributed by atoms with Crippen LogP contribution in [0.5, 0.6) is 5.75 Å². The first-order valence-corrected chi connectivity index (χ1v) is 9.20. The Balaban J connectivity index is 2.42. The van der Waals surface area contributed by atoms with Crippen LogP contribution in [-0.2, 0) is 9.84 Å². The Kier molecular flexibility index (Phi) is 4.97. The second-order valence-corrected chi connectivity index (χ2v) is 8.48. The molecule has 1 aliphatic heterocycles. The Bertz CT molecular complexity index is 606. The van der Waals surface area contributed by atoms with E-state index in [0.717, 1.165) is 6.42 Å². The normalized spacial score (nSPS) is 23.3. The molecule has 0 radical (unpaired) electrons. The Morgan fingerprint density at radius 2 is 2.15 bits per heavy atom. The molecule has 2 atom stereocenters. The minimum absolute atomic E-state index is 0.158. The summed E-state index contributed by atoms with van der Waals surface area (Å²) < 4.78 is 43.2. The lowest BCUT2D eigenvalue weighted by atomic mass is 10.0. The maximum atomic E-state index is 13.5. The number of rotatable bonds is 3. The van der Waals surface area contributed by atoms with Gasteiger partial charge in [0.2, 0.25) is 0 Å². The van der Waals surface area contributed by atoms with Crippen molar-refractivity contribution in [3.63, 3.8) is 0 Å². The number of sulfone groups is 1. The second kappa shape index (κ2) is 6.20. The Morgan fingerprint density at radius 1 is 1.45 bits per heavy atom. The van der Waals surface area contributed by atoms with Gasteiger partial charge in [-0.05, 0) is 34.8 Å². The summed E-state index contributed by atoms with van der Waals surface area (Å²) in [5.41, 5.74) is 0.498. The smallest absolute Gasteiger partial charge is 0.154 e. The average molecular weight is 386 g/mol. The van der Waals surface area contributed by atoms with Gasteiger partial charge in [0.15, 0.2) is 9.84 Å². The molecule has 1 heterocycles. The quantitative estimate of drug-likeness (QED) is 0.742. The molecule has 0 aromatic heterocycles. The summed E-state index contributed by atoms with van der Waals surface area (Å²) in [6.45, 7) is 0. The molecule has 0 amide bonds. The van der Waals surface area contributed by atoms with Gasteiger partial charge in [-0.15, -0.1) is 11.6 Å². The van der Waals surface area contributed by atoms with E-state index in [1.807, 2.05) is 0 Å². The lowest BCUT2D eigenvalue weighted by Crippen LogP contribution is -2.32. The number of halogens is 3. The van der Waals surface area contributed by atoms with Gasteiger partial charge < -0.3 is 4.74 Å². The third kappa shape index (κ3) is 3.12. The third-order valence-electron chi connectivity index (χ3n) is 3.52. The van der Waals surface area contributed by atoms with Gasteiger partial charge in [0.25, 0.3) is 0 Å². The summed E-state index contributed by atoms with van der Waals surface area (Å²) in [4.78, 5) is 0. The molecule has 0 bridgehead atoms. The summed E-state index contributed by atoms with van der Waals surface area (Å²) in [6, 6.07) is 2.71. The van der Waals surface area contributed by atoms with E-state index in [1.165, 1.54) is 19.2 Å². The van der Waals surface area contributed by atoms with Gasteiger partial charge in [0.1, 0.15) is 11.6 Å². The van der Waals surface area contributed by atoms with E-state index in [1.54, 1.807) is 0 Å². The van der Waals surface area contributed by atoms with Crippen LogP contribution in [0.2, 0.25) is 0 Å². The van der Waals surface area contributed by atoms with Crippen molar-refractivity contribution in [3.05, 3.63) is 28.0 Å². The summed E-state index contributed by atoms with van der Waals surface area (Å²) in [5, 5.41) is -1.39. The zero-order valence-corrected chi connectivity index (χ0v) is 14.1. The minimum atomic E-state index is -3.22. The highest BCUT2D eigenvalue weighted by molar-refractivity contribution is 9.10. The predicted molar refractivity (Wildman–Crippen MR) is 80.7 cm³/mol. The van der Waals surface area contributed by atoms with Crippen molar-refractivity contribution >= 4 is 37.4 Å². The fraction of sp³-hybridized carbons (Fsp3) is 0.538. The Labute approximate surface area is 131 Å². The molecule has 1 aromatic rings. The largest absolute Gasteiger partial charge is 0.496 e. The van der Waals surface area contributed by atoms with Gasteiger partial charge in [-0.25, -0.2) is 12.8 Å². The van der Waals surface area contributed by atoms with Crippen molar-refractivity contribution in [2.24, 2.45) is 0 Å². The Morgan fingerprint density at radius 3 is 2.75 bits per heavy atom. The summed E-state index contributed by atoms with van der Waals surface area (Å²) in [6.07, 6.45) is 2.03. The Hall–Kier alpha value is -0.330. The zero-order chi connectivity index (χ0) is 14.9. The van der Waals surface area contributed by atoms with Crippen LogP contribution in [0.3, 0.4) is 0 Å².